The molecule has 0 amide bonds. The molecule has 2 heteroatoms. The SMILES string of the molecule is CCSCCCC(CC)(CC)CNC(C)(C)C. The summed E-state index contributed by atoms with van der Waals surface area (Å²) in [5.74, 6) is 2.58. The summed E-state index contributed by atoms with van der Waals surface area (Å²) < 4.78 is 0. The van der Waals surface area contributed by atoms with Crippen molar-refractivity contribution >= 4 is 11.8 Å². The molecular formula is C15H33NS. The molecule has 0 heterocycles. The van der Waals surface area contributed by atoms with Crippen molar-refractivity contribution < 1.29 is 0 Å². The van der Waals surface area contributed by atoms with E-state index in [0.717, 1.165) is 0 Å². The molecule has 0 rings (SSSR count). The Kier molecular flexibility index (Phi) is 8.57. The van der Waals surface area contributed by atoms with Gasteiger partial charge in [-0.05, 0) is 63.4 Å². The average molecular weight is 260 g/mol. The highest BCUT2D eigenvalue weighted by Gasteiger charge is 2.27. The summed E-state index contributed by atoms with van der Waals surface area (Å²) in [5.41, 5.74) is 0.759. The molecule has 0 bridgehead atoms. The van der Waals surface area contributed by atoms with Crippen LogP contribution in [0.25, 0.3) is 0 Å². The molecule has 0 aliphatic carbocycles. The number of hydrogen-bond donors (Lipinski definition) is 1. The van der Waals surface area contributed by atoms with Crippen LogP contribution < -0.4 is 5.32 Å². The maximum atomic E-state index is 3.70. The van der Waals surface area contributed by atoms with Gasteiger partial charge in [-0.2, -0.15) is 11.8 Å². The molecule has 0 aromatic heterocycles. The van der Waals surface area contributed by atoms with Crippen LogP contribution in [0.1, 0.15) is 67.2 Å². The first-order chi connectivity index (χ1) is 7.89. The zero-order valence-electron chi connectivity index (χ0n) is 12.9. The van der Waals surface area contributed by atoms with E-state index in [1.54, 1.807) is 0 Å². The van der Waals surface area contributed by atoms with Gasteiger partial charge in [0.1, 0.15) is 0 Å². The average Bonchev–Trinajstić information content (AvgIpc) is 2.28. The summed E-state index contributed by atoms with van der Waals surface area (Å²) >= 11 is 2.07. The first-order valence-corrected chi connectivity index (χ1v) is 8.37. The second kappa shape index (κ2) is 8.42. The summed E-state index contributed by atoms with van der Waals surface area (Å²) in [6.45, 7) is 14.9. The number of nitrogens with one attached hydrogen (secondary N) is 1. The van der Waals surface area contributed by atoms with Crippen LogP contribution in [-0.2, 0) is 0 Å². The number of rotatable bonds is 9. The molecule has 0 aliphatic heterocycles. The highest BCUT2D eigenvalue weighted by Crippen LogP contribution is 2.32. The van der Waals surface area contributed by atoms with Crippen LogP contribution in [0, 0.1) is 5.41 Å². The zero-order valence-corrected chi connectivity index (χ0v) is 13.7. The Bertz CT molecular complexity index is 180. The lowest BCUT2D eigenvalue weighted by Gasteiger charge is -2.35. The second-order valence-electron chi connectivity index (χ2n) is 6.11. The van der Waals surface area contributed by atoms with E-state index < -0.39 is 0 Å². The van der Waals surface area contributed by atoms with Crippen molar-refractivity contribution in [3.05, 3.63) is 0 Å². The molecule has 0 unspecified atom stereocenters. The number of thioether (sulfide) groups is 1. The van der Waals surface area contributed by atoms with Gasteiger partial charge in [0, 0.05) is 12.1 Å². The molecule has 0 spiro atoms. The molecule has 0 radical (unpaired) electrons. The van der Waals surface area contributed by atoms with Crippen LogP contribution in [0.3, 0.4) is 0 Å². The predicted molar refractivity (Wildman–Crippen MR) is 83.0 cm³/mol. The molecule has 104 valence electrons. The zero-order chi connectivity index (χ0) is 13.4. The fourth-order valence-electron chi connectivity index (χ4n) is 2.09. The predicted octanol–water partition coefficient (Wildman–Crippen LogP) is 4.71. The third-order valence-corrected chi connectivity index (χ3v) is 4.68. The summed E-state index contributed by atoms with van der Waals surface area (Å²) in [6, 6.07) is 0. The fourth-order valence-corrected chi connectivity index (χ4v) is 2.73. The van der Waals surface area contributed by atoms with E-state index in [9.17, 15) is 0 Å². The van der Waals surface area contributed by atoms with Gasteiger partial charge in [0.15, 0.2) is 0 Å². The molecule has 0 aromatic carbocycles. The Labute approximate surface area is 114 Å². The van der Waals surface area contributed by atoms with Crippen molar-refractivity contribution in [1.29, 1.82) is 0 Å². The maximum Gasteiger partial charge on any atom is 0.00967 e. The molecule has 0 atom stereocenters. The third-order valence-electron chi connectivity index (χ3n) is 3.69. The molecule has 1 nitrogen and oxygen atoms in total. The Morgan fingerprint density at radius 3 is 2.00 bits per heavy atom. The lowest BCUT2D eigenvalue weighted by atomic mass is 9.78. The van der Waals surface area contributed by atoms with Crippen molar-refractivity contribution in [1.82, 2.24) is 5.32 Å². The summed E-state index contributed by atoms with van der Waals surface area (Å²) in [7, 11) is 0. The normalized spacial score (nSPS) is 13.1. The standard InChI is InChI=1S/C15H33NS/c1-7-15(8-2,11-10-12-17-9-3)13-16-14(4,5)6/h16H,7-13H2,1-6H3. The van der Waals surface area contributed by atoms with E-state index >= 15 is 0 Å². The number of hydrogen-bond acceptors (Lipinski definition) is 2. The lowest BCUT2D eigenvalue weighted by Crippen LogP contribution is -2.43. The maximum absolute atomic E-state index is 3.70. The van der Waals surface area contributed by atoms with Gasteiger partial charge < -0.3 is 5.32 Å². The van der Waals surface area contributed by atoms with Crippen molar-refractivity contribution in [3.63, 3.8) is 0 Å². The highest BCUT2D eigenvalue weighted by atomic mass is 32.2. The summed E-state index contributed by atoms with van der Waals surface area (Å²) in [5, 5.41) is 3.70. The molecular weight excluding hydrogens is 226 g/mol. The van der Waals surface area contributed by atoms with Gasteiger partial charge in [0.25, 0.3) is 0 Å². The largest absolute Gasteiger partial charge is 0.312 e. The minimum atomic E-state index is 0.244. The molecule has 17 heavy (non-hydrogen) atoms. The van der Waals surface area contributed by atoms with Crippen molar-refractivity contribution in [2.24, 2.45) is 5.41 Å². The van der Waals surface area contributed by atoms with Crippen LogP contribution in [0.5, 0.6) is 0 Å². The van der Waals surface area contributed by atoms with Gasteiger partial charge in [-0.15, -0.1) is 0 Å². The summed E-state index contributed by atoms with van der Waals surface area (Å²) in [4.78, 5) is 0. The molecule has 1 N–H and O–H groups in total. The van der Waals surface area contributed by atoms with E-state index in [2.05, 4.69) is 58.6 Å². The first-order valence-electron chi connectivity index (χ1n) is 7.22. The Balaban J connectivity index is 4.15. The van der Waals surface area contributed by atoms with Crippen LogP contribution in [-0.4, -0.2) is 23.6 Å². The molecule has 0 aliphatic rings. The summed E-state index contributed by atoms with van der Waals surface area (Å²) in [6.07, 6.45) is 5.33. The molecule has 0 fully saturated rings. The molecule has 0 saturated carbocycles. The van der Waals surface area contributed by atoms with Gasteiger partial charge in [-0.1, -0.05) is 20.8 Å². The van der Waals surface area contributed by atoms with E-state index in [1.807, 2.05) is 0 Å². The van der Waals surface area contributed by atoms with E-state index in [-0.39, 0.29) is 5.54 Å². The van der Waals surface area contributed by atoms with Crippen LogP contribution in [0.15, 0.2) is 0 Å². The highest BCUT2D eigenvalue weighted by molar-refractivity contribution is 7.99. The van der Waals surface area contributed by atoms with Crippen LogP contribution in [0.4, 0.5) is 0 Å². The van der Waals surface area contributed by atoms with Gasteiger partial charge in [0.05, 0.1) is 0 Å². The van der Waals surface area contributed by atoms with Crippen LogP contribution >= 0.6 is 11.8 Å². The smallest absolute Gasteiger partial charge is 0.00967 e. The van der Waals surface area contributed by atoms with Crippen molar-refractivity contribution in [2.75, 3.05) is 18.1 Å². The van der Waals surface area contributed by atoms with Crippen molar-refractivity contribution in [2.45, 2.75) is 72.8 Å². The van der Waals surface area contributed by atoms with Crippen LogP contribution in [0.2, 0.25) is 0 Å². The minimum Gasteiger partial charge on any atom is -0.312 e. The molecule has 0 saturated heterocycles. The Hall–Kier alpha value is 0.310. The van der Waals surface area contributed by atoms with Crippen molar-refractivity contribution in [3.8, 4) is 0 Å². The topological polar surface area (TPSA) is 12.0 Å². The fraction of sp³-hybridized carbons (Fsp3) is 1.00. The Morgan fingerprint density at radius 2 is 1.59 bits per heavy atom. The van der Waals surface area contributed by atoms with Gasteiger partial charge in [0.2, 0.25) is 0 Å². The van der Waals surface area contributed by atoms with Gasteiger partial charge in [-0.3, -0.25) is 0 Å². The van der Waals surface area contributed by atoms with E-state index in [4.69, 9.17) is 0 Å². The van der Waals surface area contributed by atoms with Gasteiger partial charge >= 0.3 is 0 Å². The monoisotopic (exact) mass is 259 g/mol. The van der Waals surface area contributed by atoms with E-state index in [1.165, 1.54) is 43.7 Å². The Morgan fingerprint density at radius 1 is 1.00 bits per heavy atom. The third kappa shape index (κ3) is 8.10. The lowest BCUT2D eigenvalue weighted by molar-refractivity contribution is 0.204. The van der Waals surface area contributed by atoms with Gasteiger partial charge in [-0.25, -0.2) is 0 Å². The van der Waals surface area contributed by atoms with E-state index in [0.29, 0.717) is 5.41 Å². The first kappa shape index (κ1) is 17.3. The quantitative estimate of drug-likeness (QED) is 0.602. The minimum absolute atomic E-state index is 0.244. The second-order valence-corrected chi connectivity index (χ2v) is 7.50. The molecule has 0 aromatic rings.